The molecule has 2 heterocycles. The van der Waals surface area contributed by atoms with Gasteiger partial charge in [0.15, 0.2) is 11.5 Å². The molecule has 0 saturated carbocycles. The number of fused-ring (bicyclic) bond motifs is 1. The van der Waals surface area contributed by atoms with Crippen molar-refractivity contribution in [3.8, 4) is 17.2 Å². The average molecular weight is 419 g/mol. The highest BCUT2D eigenvalue weighted by molar-refractivity contribution is 8.18. The van der Waals surface area contributed by atoms with Crippen molar-refractivity contribution in [1.82, 2.24) is 4.90 Å². The molecule has 4 rings (SSSR count). The van der Waals surface area contributed by atoms with Gasteiger partial charge in [0.1, 0.15) is 5.75 Å². The summed E-state index contributed by atoms with van der Waals surface area (Å²) in [7, 11) is 1.53. The predicted molar refractivity (Wildman–Crippen MR) is 107 cm³/mol. The number of rotatable bonds is 5. The average Bonchev–Trinajstić information content (AvgIpc) is 3.25. The van der Waals surface area contributed by atoms with Gasteiger partial charge in [-0.1, -0.05) is 17.7 Å². The number of halogens is 1. The Kier molecular flexibility index (Phi) is 5.06. The number of carbonyl (C=O) groups is 2. The Hall–Kier alpha value is -2.84. The topological polar surface area (TPSA) is 77.1 Å². The van der Waals surface area contributed by atoms with E-state index in [0.717, 1.165) is 22.2 Å². The lowest BCUT2D eigenvalue weighted by Crippen LogP contribution is -2.33. The van der Waals surface area contributed by atoms with Gasteiger partial charge < -0.3 is 19.5 Å². The van der Waals surface area contributed by atoms with Crippen molar-refractivity contribution in [3.05, 3.63) is 51.9 Å². The van der Waals surface area contributed by atoms with Crippen molar-refractivity contribution in [2.45, 2.75) is 0 Å². The minimum absolute atomic E-state index is 0.000151. The minimum Gasteiger partial charge on any atom is -0.495 e. The molecule has 0 unspecified atom stereocenters. The van der Waals surface area contributed by atoms with Crippen LogP contribution < -0.4 is 19.5 Å². The van der Waals surface area contributed by atoms with Gasteiger partial charge in [-0.15, -0.1) is 0 Å². The number of methoxy groups -OCH3 is 1. The zero-order valence-corrected chi connectivity index (χ0v) is 16.3. The molecule has 2 aliphatic rings. The van der Waals surface area contributed by atoms with E-state index in [1.54, 1.807) is 42.5 Å². The lowest BCUT2D eigenvalue weighted by molar-refractivity contribution is -0.122. The van der Waals surface area contributed by atoms with Crippen molar-refractivity contribution in [1.29, 1.82) is 0 Å². The monoisotopic (exact) mass is 418 g/mol. The summed E-state index contributed by atoms with van der Waals surface area (Å²) in [5, 5.41) is 3.18. The Balaban J connectivity index is 1.49. The van der Waals surface area contributed by atoms with E-state index in [1.165, 1.54) is 7.11 Å². The van der Waals surface area contributed by atoms with Crippen LogP contribution in [0, 0.1) is 0 Å². The summed E-state index contributed by atoms with van der Waals surface area (Å²) in [6, 6.07) is 10.4. The molecular weight excluding hydrogens is 404 g/mol. The zero-order chi connectivity index (χ0) is 19.7. The zero-order valence-electron chi connectivity index (χ0n) is 14.7. The number of imide groups is 1. The maximum absolute atomic E-state index is 12.7. The molecule has 7 nitrogen and oxygen atoms in total. The van der Waals surface area contributed by atoms with Crippen molar-refractivity contribution in [2.75, 3.05) is 25.9 Å². The first kappa shape index (κ1) is 18.5. The Morgan fingerprint density at radius 3 is 2.86 bits per heavy atom. The summed E-state index contributed by atoms with van der Waals surface area (Å²) in [5.74, 6) is 1.46. The summed E-state index contributed by atoms with van der Waals surface area (Å²) >= 11 is 6.89. The molecule has 0 aromatic heterocycles. The fourth-order valence-electron chi connectivity index (χ4n) is 2.77. The molecular formula is C19H15ClN2O5S. The van der Waals surface area contributed by atoms with Gasteiger partial charge >= 0.3 is 0 Å². The van der Waals surface area contributed by atoms with Crippen molar-refractivity contribution >= 4 is 46.3 Å². The second-order valence-electron chi connectivity index (χ2n) is 5.90. The Morgan fingerprint density at radius 2 is 2.04 bits per heavy atom. The van der Waals surface area contributed by atoms with Gasteiger partial charge in [0, 0.05) is 5.02 Å². The lowest BCUT2D eigenvalue weighted by atomic mass is 10.2. The standard InChI is InChI=1S/C19H15ClN2O5S/c1-25-14-5-3-12(20)8-13(14)21-9-22-18(23)17(28-19(22)24)7-11-2-4-15-16(6-11)27-10-26-15/h2-8,21H,9-10H2,1H3/b17-7-. The van der Waals surface area contributed by atoms with Gasteiger partial charge in [-0.25, -0.2) is 0 Å². The van der Waals surface area contributed by atoms with Gasteiger partial charge in [-0.2, -0.15) is 0 Å². The predicted octanol–water partition coefficient (Wildman–Crippen LogP) is 4.18. The summed E-state index contributed by atoms with van der Waals surface area (Å²) in [4.78, 5) is 26.4. The Morgan fingerprint density at radius 1 is 1.21 bits per heavy atom. The summed E-state index contributed by atoms with van der Waals surface area (Å²) < 4.78 is 15.9. The number of ether oxygens (including phenoxy) is 3. The van der Waals surface area contributed by atoms with Crippen molar-refractivity contribution in [3.63, 3.8) is 0 Å². The number of hydrogen-bond donors (Lipinski definition) is 1. The van der Waals surface area contributed by atoms with Crippen LogP contribution in [0.1, 0.15) is 5.56 Å². The molecule has 2 aliphatic heterocycles. The third-order valence-electron chi connectivity index (χ3n) is 4.16. The summed E-state index contributed by atoms with van der Waals surface area (Å²) in [6.07, 6.45) is 1.66. The smallest absolute Gasteiger partial charge is 0.295 e. The largest absolute Gasteiger partial charge is 0.495 e. The van der Waals surface area contributed by atoms with E-state index >= 15 is 0 Å². The molecule has 28 heavy (non-hydrogen) atoms. The summed E-state index contributed by atoms with van der Waals surface area (Å²) in [5.41, 5.74) is 1.34. The minimum atomic E-state index is -0.374. The highest BCUT2D eigenvalue weighted by Crippen LogP contribution is 2.36. The first-order valence-electron chi connectivity index (χ1n) is 8.27. The van der Waals surface area contributed by atoms with Crippen LogP contribution in [0.2, 0.25) is 5.02 Å². The number of benzene rings is 2. The number of hydrogen-bond acceptors (Lipinski definition) is 7. The third kappa shape index (κ3) is 3.61. The lowest BCUT2D eigenvalue weighted by Gasteiger charge is -2.16. The van der Waals surface area contributed by atoms with Gasteiger partial charge in [-0.3, -0.25) is 14.5 Å². The maximum Gasteiger partial charge on any atom is 0.295 e. The molecule has 0 radical (unpaired) electrons. The molecule has 2 aromatic carbocycles. The first-order chi connectivity index (χ1) is 13.5. The fraction of sp³-hybridized carbons (Fsp3) is 0.158. The second kappa shape index (κ2) is 7.65. The van der Waals surface area contributed by atoms with Crippen molar-refractivity contribution in [2.24, 2.45) is 0 Å². The third-order valence-corrected chi connectivity index (χ3v) is 5.30. The molecule has 9 heteroatoms. The number of nitrogens with zero attached hydrogens (tertiary/aromatic N) is 1. The van der Waals surface area contributed by atoms with E-state index in [-0.39, 0.29) is 24.6 Å². The number of nitrogens with one attached hydrogen (secondary N) is 1. The molecule has 2 amide bonds. The van der Waals surface area contributed by atoms with Gasteiger partial charge in [0.2, 0.25) is 6.79 Å². The van der Waals surface area contributed by atoms with E-state index in [1.807, 2.05) is 0 Å². The van der Waals surface area contributed by atoms with Crippen LogP contribution in [-0.4, -0.2) is 36.6 Å². The van der Waals surface area contributed by atoms with Crippen LogP contribution in [0.5, 0.6) is 17.2 Å². The normalized spacial score (nSPS) is 16.8. The quantitative estimate of drug-likeness (QED) is 0.729. The molecule has 1 saturated heterocycles. The molecule has 0 aliphatic carbocycles. The van der Waals surface area contributed by atoms with Gasteiger partial charge in [0.05, 0.1) is 24.4 Å². The summed E-state index contributed by atoms with van der Waals surface area (Å²) in [6.45, 7) is 0.174. The van der Waals surface area contributed by atoms with Crippen LogP contribution in [-0.2, 0) is 4.79 Å². The van der Waals surface area contributed by atoms with Crippen molar-refractivity contribution < 1.29 is 23.8 Å². The highest BCUT2D eigenvalue weighted by atomic mass is 35.5. The second-order valence-corrected chi connectivity index (χ2v) is 7.33. The first-order valence-corrected chi connectivity index (χ1v) is 9.47. The highest BCUT2D eigenvalue weighted by Gasteiger charge is 2.35. The molecule has 2 aromatic rings. The van der Waals surface area contributed by atoms with Crippen LogP contribution in [0.4, 0.5) is 10.5 Å². The molecule has 0 spiro atoms. The van der Waals surface area contributed by atoms with Crippen LogP contribution in [0.3, 0.4) is 0 Å². The molecule has 0 atom stereocenters. The molecule has 0 bridgehead atoms. The molecule has 1 fully saturated rings. The van der Waals surface area contributed by atoms with Crippen LogP contribution in [0.25, 0.3) is 6.08 Å². The number of anilines is 1. The van der Waals surface area contributed by atoms with E-state index in [2.05, 4.69) is 5.32 Å². The number of amides is 2. The number of thioether (sulfide) groups is 1. The van der Waals surface area contributed by atoms with Gasteiger partial charge in [-0.05, 0) is 53.7 Å². The van der Waals surface area contributed by atoms with E-state index in [9.17, 15) is 9.59 Å². The van der Waals surface area contributed by atoms with E-state index in [0.29, 0.717) is 32.9 Å². The maximum atomic E-state index is 12.7. The number of carbonyl (C=O) groups excluding carboxylic acids is 2. The van der Waals surface area contributed by atoms with E-state index in [4.69, 9.17) is 25.8 Å². The Labute approximate surface area is 170 Å². The van der Waals surface area contributed by atoms with E-state index < -0.39 is 0 Å². The Bertz CT molecular complexity index is 994. The van der Waals surface area contributed by atoms with Crippen LogP contribution >= 0.6 is 23.4 Å². The molecule has 144 valence electrons. The fourth-order valence-corrected chi connectivity index (χ4v) is 3.78. The van der Waals surface area contributed by atoms with Crippen LogP contribution in [0.15, 0.2) is 41.3 Å². The molecule has 1 N–H and O–H groups in total. The SMILES string of the molecule is COc1ccc(Cl)cc1NCN1C(=O)S/C(=C\c2ccc3c(c2)OCO3)C1=O. The van der Waals surface area contributed by atoms with Gasteiger partial charge in [0.25, 0.3) is 11.1 Å².